The number of rotatable bonds is 5. The lowest BCUT2D eigenvalue weighted by Gasteiger charge is -2.12. The Hall–Kier alpha value is -2.16. The van der Waals surface area contributed by atoms with Crippen LogP contribution < -0.4 is 15.2 Å². The van der Waals surface area contributed by atoms with Gasteiger partial charge in [-0.1, -0.05) is 19.1 Å². The minimum absolute atomic E-state index is 0.677. The van der Waals surface area contributed by atoms with E-state index >= 15 is 0 Å². The number of anilines is 1. The lowest BCUT2D eigenvalue weighted by molar-refractivity contribution is 0.302. The fraction of sp³-hybridized carbons (Fsp3) is 0.250. The lowest BCUT2D eigenvalue weighted by Crippen LogP contribution is -1.97. The Morgan fingerprint density at radius 2 is 1.79 bits per heavy atom. The van der Waals surface area contributed by atoms with E-state index in [-0.39, 0.29) is 0 Å². The van der Waals surface area contributed by atoms with E-state index < -0.39 is 0 Å². The quantitative estimate of drug-likeness (QED) is 0.818. The van der Waals surface area contributed by atoms with Gasteiger partial charge in [0.25, 0.3) is 0 Å². The van der Waals surface area contributed by atoms with Crippen LogP contribution in [-0.2, 0) is 0 Å². The number of hydrogen-bond acceptors (Lipinski definition) is 3. The van der Waals surface area contributed by atoms with E-state index in [0.717, 1.165) is 23.5 Å². The summed E-state index contributed by atoms with van der Waals surface area (Å²) in [5.74, 6) is 2.19. The van der Waals surface area contributed by atoms with Gasteiger partial charge in [0.2, 0.25) is 0 Å². The van der Waals surface area contributed by atoms with Gasteiger partial charge in [-0.05, 0) is 43.2 Å². The summed E-state index contributed by atoms with van der Waals surface area (Å²) in [5, 5.41) is 0. The number of para-hydroxylation sites is 2. The predicted molar refractivity (Wildman–Crippen MR) is 77.9 cm³/mol. The number of hydrogen-bond donors (Lipinski definition) is 1. The first-order valence-corrected chi connectivity index (χ1v) is 6.46. The molecule has 3 heteroatoms. The second kappa shape index (κ2) is 6.14. The summed E-state index contributed by atoms with van der Waals surface area (Å²) in [6.45, 7) is 4.74. The molecule has 0 amide bonds. The van der Waals surface area contributed by atoms with Crippen molar-refractivity contribution >= 4 is 5.69 Å². The fourth-order valence-corrected chi connectivity index (χ4v) is 1.83. The fourth-order valence-electron chi connectivity index (χ4n) is 1.83. The van der Waals surface area contributed by atoms with Crippen molar-refractivity contribution in [2.75, 3.05) is 12.3 Å². The second-order valence-electron chi connectivity index (χ2n) is 4.48. The molecule has 0 saturated heterocycles. The number of nitrogens with two attached hydrogens (primary N) is 1. The van der Waals surface area contributed by atoms with E-state index in [1.165, 1.54) is 0 Å². The maximum Gasteiger partial charge on any atom is 0.169 e. The van der Waals surface area contributed by atoms with Gasteiger partial charge in [-0.15, -0.1) is 0 Å². The molecule has 3 nitrogen and oxygen atoms in total. The van der Waals surface area contributed by atoms with Crippen molar-refractivity contribution < 1.29 is 9.47 Å². The summed E-state index contributed by atoms with van der Waals surface area (Å²) < 4.78 is 11.5. The highest BCUT2D eigenvalue weighted by Crippen LogP contribution is 2.32. The summed E-state index contributed by atoms with van der Waals surface area (Å²) in [6.07, 6.45) is 0.964. The third-order valence-electron chi connectivity index (χ3n) is 2.61. The van der Waals surface area contributed by atoms with Crippen LogP contribution in [0.15, 0.2) is 42.5 Å². The first-order chi connectivity index (χ1) is 9.19. The zero-order valence-electron chi connectivity index (χ0n) is 11.3. The van der Waals surface area contributed by atoms with E-state index in [4.69, 9.17) is 15.2 Å². The van der Waals surface area contributed by atoms with Gasteiger partial charge in [0.15, 0.2) is 11.5 Å². The van der Waals surface area contributed by atoms with E-state index in [1.807, 2.05) is 49.4 Å². The summed E-state index contributed by atoms with van der Waals surface area (Å²) in [7, 11) is 0. The molecule has 0 aliphatic carbocycles. The lowest BCUT2D eigenvalue weighted by atomic mass is 10.2. The van der Waals surface area contributed by atoms with Crippen LogP contribution in [0.5, 0.6) is 17.2 Å². The van der Waals surface area contributed by atoms with Crippen molar-refractivity contribution in [2.45, 2.75) is 20.3 Å². The molecular formula is C16H19NO2. The minimum atomic E-state index is 0.677. The topological polar surface area (TPSA) is 44.5 Å². The van der Waals surface area contributed by atoms with Crippen LogP contribution in [0.2, 0.25) is 0 Å². The highest BCUT2D eigenvalue weighted by Gasteiger charge is 2.06. The Bertz CT molecular complexity index is 532. The second-order valence-corrected chi connectivity index (χ2v) is 4.48. The maximum absolute atomic E-state index is 5.86. The number of aryl methyl sites for hydroxylation is 1. The van der Waals surface area contributed by atoms with Crippen LogP contribution in [0.3, 0.4) is 0 Å². The van der Waals surface area contributed by atoms with Crippen molar-refractivity contribution in [1.82, 2.24) is 0 Å². The van der Waals surface area contributed by atoms with Gasteiger partial charge in [0, 0.05) is 11.8 Å². The molecule has 2 rings (SSSR count). The molecule has 2 N–H and O–H groups in total. The molecule has 19 heavy (non-hydrogen) atoms. The van der Waals surface area contributed by atoms with Gasteiger partial charge in [-0.3, -0.25) is 0 Å². The van der Waals surface area contributed by atoms with Crippen molar-refractivity contribution in [3.8, 4) is 17.2 Å². The molecule has 0 aliphatic rings. The normalized spacial score (nSPS) is 10.2. The molecule has 0 fully saturated rings. The van der Waals surface area contributed by atoms with Gasteiger partial charge in [-0.2, -0.15) is 0 Å². The summed E-state index contributed by atoms with van der Waals surface area (Å²) in [4.78, 5) is 0. The largest absolute Gasteiger partial charge is 0.490 e. The molecule has 0 heterocycles. The molecule has 0 unspecified atom stereocenters. The average Bonchev–Trinajstić information content (AvgIpc) is 2.36. The van der Waals surface area contributed by atoms with Gasteiger partial charge >= 0.3 is 0 Å². The SMILES string of the molecule is CCCOc1ccccc1Oc1cc(C)cc(N)c1. The summed E-state index contributed by atoms with van der Waals surface area (Å²) in [6, 6.07) is 13.3. The molecule has 0 atom stereocenters. The molecule has 0 bridgehead atoms. The third kappa shape index (κ3) is 3.65. The molecule has 0 radical (unpaired) electrons. The smallest absolute Gasteiger partial charge is 0.169 e. The minimum Gasteiger partial charge on any atom is -0.490 e. The first-order valence-electron chi connectivity index (χ1n) is 6.46. The van der Waals surface area contributed by atoms with Crippen LogP contribution in [0.25, 0.3) is 0 Å². The van der Waals surface area contributed by atoms with E-state index in [9.17, 15) is 0 Å². The van der Waals surface area contributed by atoms with Crippen molar-refractivity contribution in [3.05, 3.63) is 48.0 Å². The molecule has 0 aromatic heterocycles. The van der Waals surface area contributed by atoms with Crippen LogP contribution in [-0.4, -0.2) is 6.61 Å². The molecule has 2 aromatic carbocycles. The Morgan fingerprint density at radius 3 is 2.47 bits per heavy atom. The molecular weight excluding hydrogens is 238 g/mol. The predicted octanol–water partition coefficient (Wildman–Crippen LogP) is 4.16. The van der Waals surface area contributed by atoms with Crippen LogP contribution >= 0.6 is 0 Å². The Labute approximate surface area is 114 Å². The first kappa shape index (κ1) is 13.3. The number of nitrogen functional groups attached to an aromatic ring is 1. The van der Waals surface area contributed by atoms with Crippen molar-refractivity contribution in [1.29, 1.82) is 0 Å². The molecule has 0 aliphatic heterocycles. The summed E-state index contributed by atoms with van der Waals surface area (Å²) in [5.41, 5.74) is 7.59. The van der Waals surface area contributed by atoms with Gasteiger partial charge in [0.1, 0.15) is 5.75 Å². The van der Waals surface area contributed by atoms with Gasteiger partial charge in [0.05, 0.1) is 6.61 Å². The zero-order valence-corrected chi connectivity index (χ0v) is 11.3. The van der Waals surface area contributed by atoms with E-state index in [2.05, 4.69) is 6.92 Å². The average molecular weight is 257 g/mol. The molecule has 100 valence electrons. The van der Waals surface area contributed by atoms with Crippen LogP contribution in [0, 0.1) is 6.92 Å². The number of benzene rings is 2. The number of ether oxygens (including phenoxy) is 2. The van der Waals surface area contributed by atoms with Crippen molar-refractivity contribution in [2.24, 2.45) is 0 Å². The monoisotopic (exact) mass is 257 g/mol. The van der Waals surface area contributed by atoms with Gasteiger partial charge in [-0.25, -0.2) is 0 Å². The summed E-state index contributed by atoms with van der Waals surface area (Å²) >= 11 is 0. The Morgan fingerprint density at radius 1 is 1.05 bits per heavy atom. The van der Waals surface area contributed by atoms with Gasteiger partial charge < -0.3 is 15.2 Å². The van der Waals surface area contributed by atoms with Crippen LogP contribution in [0.4, 0.5) is 5.69 Å². The van der Waals surface area contributed by atoms with Crippen molar-refractivity contribution in [3.63, 3.8) is 0 Å². The zero-order chi connectivity index (χ0) is 13.7. The molecule has 0 spiro atoms. The van der Waals surface area contributed by atoms with E-state index in [0.29, 0.717) is 18.0 Å². The maximum atomic E-state index is 5.86. The molecule has 0 saturated carbocycles. The Balaban J connectivity index is 2.22. The standard InChI is InChI=1S/C16H19NO2/c1-3-8-18-15-6-4-5-7-16(15)19-14-10-12(2)9-13(17)11-14/h4-7,9-11H,3,8,17H2,1-2H3. The molecule has 2 aromatic rings. The highest BCUT2D eigenvalue weighted by molar-refractivity contribution is 5.50. The Kier molecular flexibility index (Phi) is 4.29. The van der Waals surface area contributed by atoms with E-state index in [1.54, 1.807) is 0 Å². The third-order valence-corrected chi connectivity index (χ3v) is 2.61. The van der Waals surface area contributed by atoms with Crippen LogP contribution in [0.1, 0.15) is 18.9 Å². The highest BCUT2D eigenvalue weighted by atomic mass is 16.5.